The number of nitrogens with one attached hydrogen (secondary N) is 1. The van der Waals surface area contributed by atoms with Gasteiger partial charge in [0.05, 0.1) is 25.0 Å². The molecule has 0 aromatic heterocycles. The standard InChI is InChI=1S/C19H20N4O3S/c1-21-18-13(10-20)11-23(17-6-4-3-5-16(17)22-18)19(24)12-7-14(25-2)9-15(8-12)26-27/h3-10,27H,11,20H2,1-2H3,(H,21,22). The third kappa shape index (κ3) is 3.70. The van der Waals surface area contributed by atoms with E-state index in [1.807, 2.05) is 24.3 Å². The maximum atomic E-state index is 13.4. The number of nitrogens with two attached hydrogens (primary N) is 1. The van der Waals surface area contributed by atoms with Crippen LogP contribution < -0.4 is 24.9 Å². The van der Waals surface area contributed by atoms with Crippen molar-refractivity contribution in [2.75, 3.05) is 30.9 Å². The molecule has 0 unspecified atom stereocenters. The SMILES string of the molecule is CN=C1Nc2ccccc2N(C(=O)c2cc(OC)cc(OS)c2)CC1=CN. The predicted molar refractivity (Wildman–Crippen MR) is 110 cm³/mol. The van der Waals surface area contributed by atoms with Crippen LogP contribution in [0.2, 0.25) is 0 Å². The van der Waals surface area contributed by atoms with Gasteiger partial charge in [-0.05, 0) is 24.3 Å². The van der Waals surface area contributed by atoms with E-state index >= 15 is 0 Å². The summed E-state index contributed by atoms with van der Waals surface area (Å²) in [7, 11) is 3.20. The Morgan fingerprint density at radius 3 is 2.70 bits per heavy atom. The number of carbonyl (C=O) groups is 1. The molecule has 0 saturated heterocycles. The van der Waals surface area contributed by atoms with E-state index in [4.69, 9.17) is 14.7 Å². The highest BCUT2D eigenvalue weighted by Crippen LogP contribution is 2.32. The van der Waals surface area contributed by atoms with Gasteiger partial charge in [0.15, 0.2) is 0 Å². The second-order valence-corrected chi connectivity index (χ2v) is 5.97. The van der Waals surface area contributed by atoms with Crippen LogP contribution in [0.1, 0.15) is 10.4 Å². The summed E-state index contributed by atoms with van der Waals surface area (Å²) in [5.41, 5.74) is 8.38. The third-order valence-corrected chi connectivity index (χ3v) is 4.43. The zero-order chi connectivity index (χ0) is 19.4. The number of thiol groups is 1. The Morgan fingerprint density at radius 1 is 1.30 bits per heavy atom. The maximum absolute atomic E-state index is 13.4. The van der Waals surface area contributed by atoms with E-state index in [0.717, 1.165) is 11.4 Å². The lowest BCUT2D eigenvalue weighted by Crippen LogP contribution is -2.33. The highest BCUT2D eigenvalue weighted by molar-refractivity contribution is 7.75. The van der Waals surface area contributed by atoms with Crippen LogP contribution in [-0.2, 0) is 0 Å². The summed E-state index contributed by atoms with van der Waals surface area (Å²) in [5.74, 6) is 1.29. The van der Waals surface area contributed by atoms with Gasteiger partial charge >= 0.3 is 0 Å². The molecule has 0 fully saturated rings. The first-order chi connectivity index (χ1) is 13.1. The quantitative estimate of drug-likeness (QED) is 0.559. The molecule has 27 heavy (non-hydrogen) atoms. The molecule has 140 valence electrons. The lowest BCUT2D eigenvalue weighted by molar-refractivity contribution is 0.0989. The minimum Gasteiger partial charge on any atom is -0.497 e. The largest absolute Gasteiger partial charge is 0.497 e. The average molecular weight is 384 g/mol. The van der Waals surface area contributed by atoms with Crippen LogP contribution in [0, 0.1) is 0 Å². The van der Waals surface area contributed by atoms with Crippen LogP contribution in [0.5, 0.6) is 11.5 Å². The van der Waals surface area contributed by atoms with Crippen molar-refractivity contribution < 1.29 is 13.7 Å². The number of amides is 1. The Labute approximate surface area is 163 Å². The number of methoxy groups -OCH3 is 1. The molecular formula is C19H20N4O3S. The van der Waals surface area contributed by atoms with E-state index < -0.39 is 0 Å². The van der Waals surface area contributed by atoms with Crippen molar-refractivity contribution in [3.63, 3.8) is 0 Å². The van der Waals surface area contributed by atoms with E-state index in [1.54, 1.807) is 30.1 Å². The van der Waals surface area contributed by atoms with E-state index in [2.05, 4.69) is 23.2 Å². The van der Waals surface area contributed by atoms with Crippen molar-refractivity contribution in [1.82, 2.24) is 0 Å². The number of nitrogens with zero attached hydrogens (tertiary/aromatic N) is 2. The molecule has 8 heteroatoms. The molecular weight excluding hydrogens is 364 g/mol. The zero-order valence-corrected chi connectivity index (χ0v) is 15.9. The van der Waals surface area contributed by atoms with Crippen LogP contribution in [-0.4, -0.2) is 32.4 Å². The molecule has 0 aliphatic carbocycles. The highest BCUT2D eigenvalue weighted by atomic mass is 32.1. The summed E-state index contributed by atoms with van der Waals surface area (Å²) in [5, 5.41) is 3.24. The van der Waals surface area contributed by atoms with Gasteiger partial charge in [-0.25, -0.2) is 0 Å². The molecule has 1 aliphatic heterocycles. The van der Waals surface area contributed by atoms with Crippen molar-refractivity contribution in [3.05, 3.63) is 59.8 Å². The van der Waals surface area contributed by atoms with Crippen molar-refractivity contribution >= 4 is 36.0 Å². The summed E-state index contributed by atoms with van der Waals surface area (Å²) in [6.07, 6.45) is 1.45. The van der Waals surface area contributed by atoms with Gasteiger partial charge in [0, 0.05) is 43.4 Å². The summed E-state index contributed by atoms with van der Waals surface area (Å²) < 4.78 is 10.2. The molecule has 1 amide bonds. The summed E-state index contributed by atoms with van der Waals surface area (Å²) in [6, 6.07) is 12.4. The van der Waals surface area contributed by atoms with Gasteiger partial charge in [-0.3, -0.25) is 9.79 Å². The minimum atomic E-state index is -0.230. The third-order valence-electron chi connectivity index (χ3n) is 4.22. The number of para-hydroxylation sites is 2. The number of carbonyl (C=O) groups excluding carboxylic acids is 1. The number of hydrogen-bond donors (Lipinski definition) is 3. The van der Waals surface area contributed by atoms with E-state index in [1.165, 1.54) is 13.3 Å². The minimum absolute atomic E-state index is 0.230. The van der Waals surface area contributed by atoms with Crippen LogP contribution in [0.4, 0.5) is 11.4 Å². The van der Waals surface area contributed by atoms with E-state index in [9.17, 15) is 4.79 Å². The van der Waals surface area contributed by atoms with E-state index in [0.29, 0.717) is 28.5 Å². The number of aliphatic imine (C=N–C) groups is 1. The molecule has 1 aliphatic rings. The maximum Gasteiger partial charge on any atom is 0.258 e. The molecule has 0 saturated carbocycles. The molecule has 2 aromatic rings. The smallest absolute Gasteiger partial charge is 0.258 e. The fourth-order valence-electron chi connectivity index (χ4n) is 2.89. The number of hydrogen-bond acceptors (Lipinski definition) is 6. The molecule has 3 rings (SSSR count). The van der Waals surface area contributed by atoms with Crippen molar-refractivity contribution in [1.29, 1.82) is 0 Å². The Kier molecular flexibility index (Phi) is 5.56. The summed E-state index contributed by atoms with van der Waals surface area (Å²) >= 11 is 3.82. The first-order valence-corrected chi connectivity index (χ1v) is 8.54. The average Bonchev–Trinajstić information content (AvgIpc) is 2.89. The van der Waals surface area contributed by atoms with Crippen LogP contribution in [0.15, 0.2) is 59.2 Å². The number of benzene rings is 2. The van der Waals surface area contributed by atoms with Crippen molar-refractivity contribution in [3.8, 4) is 11.5 Å². The van der Waals surface area contributed by atoms with Crippen LogP contribution in [0.3, 0.4) is 0 Å². The second kappa shape index (κ2) is 8.05. The predicted octanol–water partition coefficient (Wildman–Crippen LogP) is 2.86. The molecule has 0 atom stereocenters. The Balaban J connectivity index is 2.10. The van der Waals surface area contributed by atoms with Gasteiger partial charge < -0.3 is 24.9 Å². The summed E-state index contributed by atoms with van der Waals surface area (Å²) in [6.45, 7) is 0.264. The lowest BCUT2D eigenvalue weighted by Gasteiger charge is -2.23. The molecule has 2 aromatic carbocycles. The lowest BCUT2D eigenvalue weighted by atomic mass is 10.1. The number of amidine groups is 1. The second-order valence-electron chi connectivity index (χ2n) is 5.79. The number of fused-ring (bicyclic) bond motifs is 1. The van der Waals surface area contributed by atoms with Gasteiger partial charge in [0.1, 0.15) is 17.3 Å². The Hall–Kier alpha value is -3.13. The van der Waals surface area contributed by atoms with Crippen molar-refractivity contribution in [2.45, 2.75) is 0 Å². The van der Waals surface area contributed by atoms with Gasteiger partial charge in [0.25, 0.3) is 5.91 Å². The van der Waals surface area contributed by atoms with Gasteiger partial charge in [-0.2, -0.15) is 0 Å². The number of rotatable bonds is 3. The van der Waals surface area contributed by atoms with Crippen LogP contribution >= 0.6 is 12.9 Å². The molecule has 0 spiro atoms. The first-order valence-electron chi connectivity index (χ1n) is 8.17. The molecule has 3 N–H and O–H groups in total. The van der Waals surface area contributed by atoms with Crippen molar-refractivity contribution in [2.24, 2.45) is 10.7 Å². The first kappa shape index (κ1) is 18.7. The highest BCUT2D eigenvalue weighted by Gasteiger charge is 2.27. The molecule has 0 radical (unpaired) electrons. The molecule has 7 nitrogen and oxygen atoms in total. The van der Waals surface area contributed by atoms with Gasteiger partial charge in [-0.1, -0.05) is 12.1 Å². The summed E-state index contributed by atoms with van der Waals surface area (Å²) in [4.78, 5) is 19.2. The fourth-order valence-corrected chi connectivity index (χ4v) is 2.99. The van der Waals surface area contributed by atoms with Gasteiger partial charge in [-0.15, -0.1) is 0 Å². The van der Waals surface area contributed by atoms with Gasteiger partial charge in [0.2, 0.25) is 0 Å². The van der Waals surface area contributed by atoms with E-state index in [-0.39, 0.29) is 12.5 Å². The topological polar surface area (TPSA) is 89.2 Å². The zero-order valence-electron chi connectivity index (χ0n) is 15.0. The monoisotopic (exact) mass is 384 g/mol. The molecule has 1 heterocycles. The molecule has 0 bridgehead atoms. The number of ether oxygens (including phenoxy) is 1. The number of anilines is 2. The fraction of sp³-hybridized carbons (Fsp3) is 0.158. The Morgan fingerprint density at radius 2 is 2.04 bits per heavy atom. The van der Waals surface area contributed by atoms with Crippen LogP contribution in [0.25, 0.3) is 0 Å². The Bertz CT molecular complexity index is 905. The normalized spacial score (nSPS) is 16.5.